The molecule has 3 N–H and O–H groups in total. The summed E-state index contributed by atoms with van der Waals surface area (Å²) in [5, 5.41) is 2.52. The minimum atomic E-state index is -3.09. The van der Waals surface area contributed by atoms with Crippen molar-refractivity contribution in [1.29, 1.82) is 0 Å². The predicted molar refractivity (Wildman–Crippen MR) is 142 cm³/mol. The molecule has 0 aliphatic heterocycles. The fourth-order valence-electron chi connectivity index (χ4n) is 4.03. The van der Waals surface area contributed by atoms with E-state index in [4.69, 9.17) is 19.6 Å². The fraction of sp³-hybridized carbons (Fsp3) is 0.414. The molecule has 2 amide bonds. The van der Waals surface area contributed by atoms with Gasteiger partial charge in [-0.25, -0.2) is 18.6 Å². The molecule has 0 spiro atoms. The van der Waals surface area contributed by atoms with Crippen LogP contribution in [-0.2, 0) is 16.9 Å². The molecule has 2 aromatic carbocycles. The van der Waals surface area contributed by atoms with E-state index in [9.17, 15) is 27.2 Å². The summed E-state index contributed by atoms with van der Waals surface area (Å²) in [5.74, 6) is -2.64. The Hall–Kier alpha value is -4.29. The molecule has 0 bridgehead atoms. The number of primary amides is 1. The van der Waals surface area contributed by atoms with Crippen LogP contribution in [0.4, 0.5) is 22.4 Å². The van der Waals surface area contributed by atoms with E-state index in [1.54, 1.807) is 20.8 Å². The van der Waals surface area contributed by atoms with Gasteiger partial charge >= 0.3 is 12.7 Å². The van der Waals surface area contributed by atoms with Crippen LogP contribution < -0.4 is 20.5 Å². The highest BCUT2D eigenvalue weighted by Crippen LogP contribution is 2.45. The molecule has 42 heavy (non-hydrogen) atoms. The lowest BCUT2D eigenvalue weighted by atomic mass is 9.75. The van der Waals surface area contributed by atoms with Crippen molar-refractivity contribution < 1.29 is 45.8 Å². The lowest BCUT2D eigenvalue weighted by molar-refractivity contribution is -0.0707. The molecule has 1 unspecified atom stereocenters. The fourth-order valence-corrected chi connectivity index (χ4v) is 4.03. The lowest BCUT2D eigenvalue weighted by Crippen LogP contribution is -2.44. The summed E-state index contributed by atoms with van der Waals surface area (Å²) < 4.78 is 75.4. The van der Waals surface area contributed by atoms with Crippen molar-refractivity contribution in [2.75, 3.05) is 6.61 Å². The number of nitrogens with zero attached hydrogens (tertiary/aromatic N) is 1. The number of amides is 2. The molecule has 9 nitrogen and oxygen atoms in total. The quantitative estimate of drug-likeness (QED) is 0.250. The Bertz CT molecular complexity index is 1470. The summed E-state index contributed by atoms with van der Waals surface area (Å²) in [6, 6.07) is 6.94. The van der Waals surface area contributed by atoms with Crippen molar-refractivity contribution >= 4 is 12.0 Å². The van der Waals surface area contributed by atoms with E-state index in [1.807, 2.05) is 0 Å². The molecule has 226 valence electrons. The number of halogens is 4. The van der Waals surface area contributed by atoms with E-state index in [0.29, 0.717) is 18.6 Å². The molecular formula is C29H31F4N3O6. The third-order valence-electron chi connectivity index (χ3n) is 7.04. The molecule has 1 aliphatic carbocycles. The van der Waals surface area contributed by atoms with Crippen molar-refractivity contribution in [2.24, 2.45) is 17.1 Å². The van der Waals surface area contributed by atoms with Gasteiger partial charge in [0.1, 0.15) is 11.6 Å². The van der Waals surface area contributed by atoms with Crippen LogP contribution in [0.1, 0.15) is 62.3 Å². The number of benzene rings is 2. The number of nitrogens with two attached hydrogens (primary N) is 1. The second-order valence-corrected chi connectivity index (χ2v) is 11.1. The average Bonchev–Trinajstić information content (AvgIpc) is 3.61. The van der Waals surface area contributed by atoms with Gasteiger partial charge in [-0.1, -0.05) is 26.8 Å². The summed E-state index contributed by atoms with van der Waals surface area (Å²) in [4.78, 5) is 29.7. The Morgan fingerprint density at radius 3 is 2.40 bits per heavy atom. The van der Waals surface area contributed by atoms with Crippen LogP contribution in [-0.4, -0.2) is 30.2 Å². The molecule has 1 atom stereocenters. The number of carbonyl (C=O) groups excluding carboxylic acids is 2. The van der Waals surface area contributed by atoms with E-state index >= 15 is 0 Å². The third kappa shape index (κ3) is 6.94. The molecule has 1 heterocycles. The van der Waals surface area contributed by atoms with Crippen LogP contribution in [0.3, 0.4) is 0 Å². The number of rotatable bonds is 11. The topological polar surface area (TPSA) is 126 Å². The Morgan fingerprint density at radius 2 is 1.81 bits per heavy atom. The van der Waals surface area contributed by atoms with Crippen molar-refractivity contribution in [3.05, 3.63) is 65.1 Å². The summed E-state index contributed by atoms with van der Waals surface area (Å²) in [5.41, 5.74) is 2.78. The summed E-state index contributed by atoms with van der Waals surface area (Å²) >= 11 is 0. The van der Waals surface area contributed by atoms with Gasteiger partial charge in [0.2, 0.25) is 5.89 Å². The van der Waals surface area contributed by atoms with Gasteiger partial charge in [0, 0.05) is 29.2 Å². The van der Waals surface area contributed by atoms with Gasteiger partial charge in [-0.15, -0.1) is 0 Å². The van der Waals surface area contributed by atoms with Crippen molar-refractivity contribution in [3.8, 4) is 23.0 Å². The van der Waals surface area contributed by atoms with E-state index in [0.717, 1.165) is 18.9 Å². The largest absolute Gasteiger partial charge is 0.489 e. The van der Waals surface area contributed by atoms with Gasteiger partial charge in [-0.2, -0.15) is 8.78 Å². The van der Waals surface area contributed by atoms with E-state index in [-0.39, 0.29) is 46.5 Å². The van der Waals surface area contributed by atoms with Crippen molar-refractivity contribution in [3.63, 3.8) is 0 Å². The molecule has 1 aromatic heterocycles. The minimum absolute atomic E-state index is 0.00839. The number of alkyl halides is 2. The second-order valence-electron chi connectivity index (χ2n) is 11.1. The van der Waals surface area contributed by atoms with E-state index in [2.05, 4.69) is 15.0 Å². The normalized spacial score (nSPS) is 14.8. The third-order valence-corrected chi connectivity index (χ3v) is 7.04. The standard InChI is InChI=1S/C29H31F4N3O6/c1-28(2,3)29(4,42-27(34)38)23-22(24(37)35-13-17-7-9-18(30)12-19(17)31)36-25(41-23)16-8-10-20(40-26(32)33)21(11-16)39-14-15-5-6-15/h7-12,15,26H,5-6,13-14H2,1-4H3,(H2,34,38)(H,35,37). The van der Waals surface area contributed by atoms with Crippen LogP contribution >= 0.6 is 0 Å². The smallest absolute Gasteiger partial charge is 0.405 e. The second kappa shape index (κ2) is 11.9. The number of nitrogens with one attached hydrogen (secondary N) is 1. The van der Waals surface area contributed by atoms with Crippen LogP contribution in [0.2, 0.25) is 0 Å². The molecular weight excluding hydrogens is 562 g/mol. The monoisotopic (exact) mass is 593 g/mol. The Kier molecular flexibility index (Phi) is 8.69. The lowest BCUT2D eigenvalue weighted by Gasteiger charge is -2.38. The molecule has 0 saturated heterocycles. The van der Waals surface area contributed by atoms with Gasteiger partial charge in [0.05, 0.1) is 6.61 Å². The number of hydrogen-bond donors (Lipinski definition) is 2. The molecule has 3 aromatic rings. The zero-order chi connectivity index (χ0) is 30.8. The summed E-state index contributed by atoms with van der Waals surface area (Å²) in [6.45, 7) is 3.52. The predicted octanol–water partition coefficient (Wildman–Crippen LogP) is 6.30. The van der Waals surface area contributed by atoms with Crippen LogP contribution in [0.15, 0.2) is 40.8 Å². The van der Waals surface area contributed by atoms with Gasteiger partial charge in [-0.05, 0) is 49.9 Å². The highest BCUT2D eigenvalue weighted by molar-refractivity contribution is 5.94. The van der Waals surface area contributed by atoms with Crippen molar-refractivity contribution in [2.45, 2.75) is 59.3 Å². The Morgan fingerprint density at radius 1 is 1.10 bits per heavy atom. The number of oxazole rings is 1. The molecule has 1 fully saturated rings. The van der Waals surface area contributed by atoms with Crippen LogP contribution in [0, 0.1) is 23.0 Å². The minimum Gasteiger partial charge on any atom is -0.489 e. The maximum atomic E-state index is 14.2. The molecule has 1 saturated carbocycles. The van der Waals surface area contributed by atoms with Gasteiger partial charge < -0.3 is 29.7 Å². The van der Waals surface area contributed by atoms with Gasteiger partial charge in [0.15, 0.2) is 28.6 Å². The molecule has 0 radical (unpaired) electrons. The average molecular weight is 594 g/mol. The Labute approximate surface area is 239 Å². The van der Waals surface area contributed by atoms with E-state index in [1.165, 1.54) is 31.2 Å². The first-order valence-electron chi connectivity index (χ1n) is 13.1. The maximum absolute atomic E-state index is 14.2. The number of ether oxygens (including phenoxy) is 3. The highest BCUT2D eigenvalue weighted by Gasteiger charge is 2.49. The SMILES string of the molecule is CC(C)(C)C(C)(OC(N)=O)c1oc(-c2ccc(OC(F)F)c(OCC3CC3)c2)nc1C(=O)NCc1ccc(F)cc1F. The maximum Gasteiger partial charge on any atom is 0.405 e. The highest BCUT2D eigenvalue weighted by atomic mass is 19.3. The molecule has 4 rings (SSSR count). The van der Waals surface area contributed by atoms with Crippen LogP contribution in [0.5, 0.6) is 11.5 Å². The number of carbonyl (C=O) groups is 2. The Balaban J connectivity index is 1.77. The summed E-state index contributed by atoms with van der Waals surface area (Å²) in [7, 11) is 0. The van der Waals surface area contributed by atoms with Crippen LogP contribution in [0.25, 0.3) is 11.5 Å². The van der Waals surface area contributed by atoms with E-state index < -0.39 is 41.3 Å². The molecule has 1 aliphatic rings. The van der Waals surface area contributed by atoms with Gasteiger partial charge in [-0.3, -0.25) is 4.79 Å². The zero-order valence-corrected chi connectivity index (χ0v) is 23.4. The zero-order valence-electron chi connectivity index (χ0n) is 23.4. The number of aromatic nitrogens is 1. The summed E-state index contributed by atoms with van der Waals surface area (Å²) in [6.07, 6.45) is 0.771. The number of hydrogen-bond acceptors (Lipinski definition) is 7. The van der Waals surface area contributed by atoms with Crippen molar-refractivity contribution in [1.82, 2.24) is 10.3 Å². The molecule has 13 heteroatoms. The van der Waals surface area contributed by atoms with Gasteiger partial charge in [0.25, 0.3) is 5.91 Å². The first-order valence-corrected chi connectivity index (χ1v) is 13.1. The first kappa shape index (κ1) is 30.7. The first-order chi connectivity index (χ1) is 19.7.